The van der Waals surface area contributed by atoms with Crippen molar-refractivity contribution < 1.29 is 9.59 Å². The average Bonchev–Trinajstić information content (AvgIpc) is 3.20. The first-order valence-corrected chi connectivity index (χ1v) is 15.4. The quantitative estimate of drug-likeness (QED) is 0.203. The molecule has 2 aliphatic rings. The molecule has 1 saturated heterocycles. The Morgan fingerprint density at radius 2 is 1.82 bits per heavy atom. The molecule has 2 aromatic carbocycles. The molecular formula is C30H28ClN3O3S2. The van der Waals surface area contributed by atoms with Gasteiger partial charge >= 0.3 is 0 Å². The van der Waals surface area contributed by atoms with Crippen molar-refractivity contribution in [1.82, 2.24) is 14.5 Å². The van der Waals surface area contributed by atoms with Crippen LogP contribution in [0.15, 0.2) is 64.5 Å². The Balaban J connectivity index is 1.41. The SMILES string of the molecule is C[C@@H]1CCc2c(sc3nc(S[C@H]4CCCCN(C(=O)c5ccc(Cl)cc5)C4=O)n(-c4ccccc4)c(=O)c23)C1. The van der Waals surface area contributed by atoms with Crippen LogP contribution >= 0.6 is 34.7 Å². The molecule has 0 bridgehead atoms. The highest BCUT2D eigenvalue weighted by Gasteiger charge is 2.34. The standard InChI is InChI=1S/C30H28ClN3O3S2/c1-18-10-15-22-24(17-18)38-26-25(22)29(37)34(21-7-3-2-4-8-21)30(32-26)39-23-9-5-6-16-33(28(23)36)27(35)19-11-13-20(31)14-12-19/h2-4,7-8,11-14,18,23H,5-6,9-10,15-17H2,1H3/t18-,23+/m1/s1. The van der Waals surface area contributed by atoms with Gasteiger partial charge in [-0.2, -0.15) is 0 Å². The Kier molecular flexibility index (Phi) is 7.35. The summed E-state index contributed by atoms with van der Waals surface area (Å²) in [6.07, 6.45) is 5.06. The van der Waals surface area contributed by atoms with Gasteiger partial charge < -0.3 is 0 Å². The van der Waals surface area contributed by atoms with Crippen molar-refractivity contribution in [1.29, 1.82) is 0 Å². The lowest BCUT2D eigenvalue weighted by Gasteiger charge is -2.23. The smallest absolute Gasteiger partial charge is 0.267 e. The molecule has 2 atom stereocenters. The highest BCUT2D eigenvalue weighted by Crippen LogP contribution is 2.38. The van der Waals surface area contributed by atoms with E-state index in [4.69, 9.17) is 16.6 Å². The zero-order valence-corrected chi connectivity index (χ0v) is 24.0. The van der Waals surface area contributed by atoms with E-state index in [0.29, 0.717) is 40.0 Å². The monoisotopic (exact) mass is 577 g/mol. The lowest BCUT2D eigenvalue weighted by Crippen LogP contribution is -2.41. The molecule has 2 amide bonds. The van der Waals surface area contributed by atoms with E-state index in [0.717, 1.165) is 48.2 Å². The maximum Gasteiger partial charge on any atom is 0.267 e. The fourth-order valence-corrected chi connectivity index (χ4v) is 8.21. The van der Waals surface area contributed by atoms with Gasteiger partial charge in [-0.1, -0.05) is 54.9 Å². The van der Waals surface area contributed by atoms with Crippen molar-refractivity contribution in [3.8, 4) is 5.69 Å². The number of thioether (sulfide) groups is 1. The van der Waals surface area contributed by atoms with E-state index in [2.05, 4.69) is 6.92 Å². The summed E-state index contributed by atoms with van der Waals surface area (Å²) < 4.78 is 1.65. The highest BCUT2D eigenvalue weighted by atomic mass is 35.5. The van der Waals surface area contributed by atoms with Crippen molar-refractivity contribution in [3.05, 3.63) is 86.0 Å². The first-order chi connectivity index (χ1) is 18.9. The van der Waals surface area contributed by atoms with Gasteiger partial charge in [0, 0.05) is 22.0 Å². The number of aromatic nitrogens is 2. The third kappa shape index (κ3) is 5.06. The first kappa shape index (κ1) is 26.3. The molecule has 0 saturated carbocycles. The van der Waals surface area contributed by atoms with Crippen LogP contribution in [0.2, 0.25) is 5.02 Å². The third-order valence-corrected chi connectivity index (χ3v) is 10.1. The Morgan fingerprint density at radius 1 is 1.05 bits per heavy atom. The van der Waals surface area contributed by atoms with Crippen LogP contribution in [0.1, 0.15) is 53.4 Å². The van der Waals surface area contributed by atoms with Crippen LogP contribution in [-0.4, -0.2) is 38.1 Å². The van der Waals surface area contributed by atoms with E-state index in [1.165, 1.54) is 21.5 Å². The van der Waals surface area contributed by atoms with E-state index >= 15 is 0 Å². The number of carbonyl (C=O) groups is 2. The van der Waals surface area contributed by atoms with Gasteiger partial charge in [0.15, 0.2) is 5.16 Å². The molecule has 0 N–H and O–H groups in total. The molecule has 9 heteroatoms. The maximum absolute atomic E-state index is 14.1. The van der Waals surface area contributed by atoms with Crippen molar-refractivity contribution in [2.75, 3.05) is 6.54 Å². The second-order valence-electron chi connectivity index (χ2n) is 10.3. The zero-order chi connectivity index (χ0) is 27.1. The molecular weight excluding hydrogens is 550 g/mol. The number of halogens is 1. The van der Waals surface area contributed by atoms with Crippen LogP contribution in [0.25, 0.3) is 15.9 Å². The number of aryl methyl sites for hydroxylation is 1. The number of para-hydroxylation sites is 1. The van der Waals surface area contributed by atoms with E-state index in [-0.39, 0.29) is 17.4 Å². The normalized spacial score (nSPS) is 19.6. The molecule has 0 spiro atoms. The molecule has 0 radical (unpaired) electrons. The molecule has 1 aliphatic heterocycles. The number of rotatable bonds is 4. The number of hydrogen-bond acceptors (Lipinski definition) is 6. The topological polar surface area (TPSA) is 72.3 Å². The van der Waals surface area contributed by atoms with Gasteiger partial charge in [0.2, 0.25) is 5.91 Å². The van der Waals surface area contributed by atoms with Crippen molar-refractivity contribution in [2.24, 2.45) is 5.92 Å². The van der Waals surface area contributed by atoms with Crippen LogP contribution in [0, 0.1) is 5.92 Å². The number of thiophene rings is 1. The molecule has 6 rings (SSSR count). The molecule has 1 fully saturated rings. The summed E-state index contributed by atoms with van der Waals surface area (Å²) in [5.41, 5.74) is 2.20. The number of amides is 2. The first-order valence-electron chi connectivity index (χ1n) is 13.3. The Bertz CT molecular complexity index is 1610. The Hall–Kier alpha value is -2.94. The predicted octanol–water partition coefficient (Wildman–Crippen LogP) is 6.54. The highest BCUT2D eigenvalue weighted by molar-refractivity contribution is 8.00. The van der Waals surface area contributed by atoms with Crippen LogP contribution in [0.3, 0.4) is 0 Å². The van der Waals surface area contributed by atoms with Gasteiger partial charge in [0.1, 0.15) is 4.83 Å². The summed E-state index contributed by atoms with van der Waals surface area (Å²) in [4.78, 5) is 49.5. The van der Waals surface area contributed by atoms with Crippen LogP contribution in [0.5, 0.6) is 0 Å². The molecule has 200 valence electrons. The minimum Gasteiger partial charge on any atom is -0.278 e. The fraction of sp³-hybridized carbons (Fsp3) is 0.333. The van der Waals surface area contributed by atoms with E-state index in [9.17, 15) is 14.4 Å². The van der Waals surface area contributed by atoms with Crippen molar-refractivity contribution in [2.45, 2.75) is 55.9 Å². The summed E-state index contributed by atoms with van der Waals surface area (Å²) in [7, 11) is 0. The Morgan fingerprint density at radius 3 is 2.59 bits per heavy atom. The molecule has 2 aromatic heterocycles. The minimum atomic E-state index is -0.530. The summed E-state index contributed by atoms with van der Waals surface area (Å²) in [6.45, 7) is 2.62. The van der Waals surface area contributed by atoms with Gasteiger partial charge in [-0.05, 0) is 80.0 Å². The van der Waals surface area contributed by atoms with E-state index in [1.54, 1.807) is 40.2 Å². The maximum atomic E-state index is 14.1. The number of hydrogen-bond donors (Lipinski definition) is 0. The van der Waals surface area contributed by atoms with Gasteiger partial charge in [-0.15, -0.1) is 11.3 Å². The lowest BCUT2D eigenvalue weighted by molar-refractivity contribution is -0.127. The largest absolute Gasteiger partial charge is 0.278 e. The summed E-state index contributed by atoms with van der Waals surface area (Å²) in [5.74, 6) is 0.0160. The van der Waals surface area contributed by atoms with Gasteiger partial charge in [-0.3, -0.25) is 23.9 Å². The lowest BCUT2D eigenvalue weighted by atomic mass is 9.89. The summed E-state index contributed by atoms with van der Waals surface area (Å²) in [5, 5.41) is 1.20. The summed E-state index contributed by atoms with van der Waals surface area (Å²) >= 11 is 8.91. The third-order valence-electron chi connectivity index (χ3n) is 7.54. The van der Waals surface area contributed by atoms with Gasteiger partial charge in [0.05, 0.1) is 16.3 Å². The van der Waals surface area contributed by atoms with Crippen LogP contribution in [0.4, 0.5) is 0 Å². The molecule has 6 nitrogen and oxygen atoms in total. The van der Waals surface area contributed by atoms with Crippen molar-refractivity contribution in [3.63, 3.8) is 0 Å². The predicted molar refractivity (Wildman–Crippen MR) is 157 cm³/mol. The number of fused-ring (bicyclic) bond motifs is 3. The van der Waals surface area contributed by atoms with Crippen LogP contribution in [-0.2, 0) is 17.6 Å². The molecule has 3 heterocycles. The van der Waals surface area contributed by atoms with E-state index < -0.39 is 5.25 Å². The number of imide groups is 1. The minimum absolute atomic E-state index is 0.0871. The second-order valence-corrected chi connectivity index (χ2v) is 13.0. The molecule has 1 aliphatic carbocycles. The van der Waals surface area contributed by atoms with Gasteiger partial charge in [0.25, 0.3) is 11.5 Å². The van der Waals surface area contributed by atoms with Crippen LogP contribution < -0.4 is 5.56 Å². The number of benzene rings is 2. The number of carbonyl (C=O) groups excluding carboxylic acids is 2. The number of likely N-dealkylation sites (tertiary alicyclic amines) is 1. The number of nitrogens with zero attached hydrogens (tertiary/aromatic N) is 3. The van der Waals surface area contributed by atoms with Gasteiger partial charge in [-0.25, -0.2) is 4.98 Å². The van der Waals surface area contributed by atoms with E-state index in [1.807, 2.05) is 30.3 Å². The molecule has 39 heavy (non-hydrogen) atoms. The Labute approximate surface area is 240 Å². The summed E-state index contributed by atoms with van der Waals surface area (Å²) in [6, 6.07) is 16.1. The zero-order valence-electron chi connectivity index (χ0n) is 21.6. The fourth-order valence-electron chi connectivity index (χ4n) is 5.45. The second kappa shape index (κ2) is 10.9. The van der Waals surface area contributed by atoms with Crippen molar-refractivity contribution >= 4 is 56.7 Å². The average molecular weight is 578 g/mol. The molecule has 0 unspecified atom stereocenters. The molecule has 4 aromatic rings.